The van der Waals surface area contributed by atoms with E-state index in [9.17, 15) is 13.6 Å². The molecule has 0 bridgehead atoms. The molecule has 1 amide bonds. The minimum atomic E-state index is -3.26. The fraction of sp³-hybridized carbons (Fsp3) is 0.381. The molecule has 170 valence electrons. The van der Waals surface area contributed by atoms with Crippen LogP contribution in [0.25, 0.3) is 11.3 Å². The molecule has 3 aromatic rings. The van der Waals surface area contributed by atoms with Crippen LogP contribution in [0.1, 0.15) is 46.5 Å². The number of nitrogens with zero attached hydrogens (tertiary/aromatic N) is 5. The number of rotatable bonds is 8. The number of hydrogen-bond donors (Lipinski definition) is 2. The molecule has 0 aliphatic carbocycles. The maximum Gasteiger partial charge on any atom is 0.303 e. The van der Waals surface area contributed by atoms with Crippen LogP contribution < -0.4 is 15.4 Å². The van der Waals surface area contributed by atoms with E-state index >= 15 is 0 Å². The molecule has 2 N–H and O–H groups in total. The Labute approximate surface area is 184 Å². The highest BCUT2D eigenvalue weighted by Gasteiger charge is 2.30. The molecule has 3 heterocycles. The van der Waals surface area contributed by atoms with Crippen molar-refractivity contribution in [3.8, 4) is 17.0 Å². The standard InChI is InChI=1S/C21H25F2N7O2/c1-6-32-17-10-24-18(26-13(4)31)8-16(17)27-19-7-15(28-20(29-19)21(5,22)23)14-9-25-30(11-14)12(2)3/h7-12H,6H2,1-5H3,(H2,24,26,27,28,29,31). The normalized spacial score (nSPS) is 11.5. The van der Waals surface area contributed by atoms with E-state index in [0.29, 0.717) is 29.3 Å². The first-order valence-electron chi connectivity index (χ1n) is 10.1. The molecule has 0 saturated heterocycles. The number of anilines is 3. The Morgan fingerprint density at radius 2 is 1.97 bits per heavy atom. The minimum absolute atomic E-state index is 0.105. The molecule has 0 radical (unpaired) electrons. The van der Waals surface area contributed by atoms with Crippen molar-refractivity contribution in [2.24, 2.45) is 0 Å². The van der Waals surface area contributed by atoms with Crippen LogP contribution in [0.5, 0.6) is 5.75 Å². The Hall–Kier alpha value is -3.63. The number of aromatic nitrogens is 5. The fourth-order valence-corrected chi connectivity index (χ4v) is 2.81. The van der Waals surface area contributed by atoms with Crippen molar-refractivity contribution in [2.75, 3.05) is 17.2 Å². The molecule has 3 aromatic heterocycles. The van der Waals surface area contributed by atoms with E-state index in [1.807, 2.05) is 13.8 Å². The molecular formula is C21H25F2N7O2. The van der Waals surface area contributed by atoms with Crippen molar-refractivity contribution in [1.82, 2.24) is 24.7 Å². The van der Waals surface area contributed by atoms with Gasteiger partial charge in [0.2, 0.25) is 11.7 Å². The topological polar surface area (TPSA) is 107 Å². The van der Waals surface area contributed by atoms with Gasteiger partial charge in [-0.15, -0.1) is 0 Å². The van der Waals surface area contributed by atoms with E-state index in [0.717, 1.165) is 6.92 Å². The molecule has 0 aromatic carbocycles. The summed E-state index contributed by atoms with van der Waals surface area (Å²) in [4.78, 5) is 23.6. The molecule has 32 heavy (non-hydrogen) atoms. The zero-order valence-corrected chi connectivity index (χ0v) is 18.5. The molecule has 0 saturated carbocycles. The first-order valence-corrected chi connectivity index (χ1v) is 10.1. The van der Waals surface area contributed by atoms with Crippen LogP contribution in [0.4, 0.5) is 26.1 Å². The largest absolute Gasteiger partial charge is 0.490 e. The molecular weight excluding hydrogens is 420 g/mol. The smallest absolute Gasteiger partial charge is 0.303 e. The first-order chi connectivity index (χ1) is 15.1. The van der Waals surface area contributed by atoms with E-state index < -0.39 is 11.7 Å². The third-order valence-electron chi connectivity index (χ3n) is 4.28. The van der Waals surface area contributed by atoms with Gasteiger partial charge < -0.3 is 15.4 Å². The van der Waals surface area contributed by atoms with Crippen molar-refractivity contribution < 1.29 is 18.3 Å². The van der Waals surface area contributed by atoms with Gasteiger partial charge in [0.05, 0.1) is 30.4 Å². The summed E-state index contributed by atoms with van der Waals surface area (Å²) in [6.07, 6.45) is 4.74. The number of hydrogen-bond acceptors (Lipinski definition) is 7. The molecule has 0 aliphatic rings. The summed E-state index contributed by atoms with van der Waals surface area (Å²) >= 11 is 0. The van der Waals surface area contributed by atoms with Gasteiger partial charge in [-0.2, -0.15) is 13.9 Å². The summed E-state index contributed by atoms with van der Waals surface area (Å²) in [7, 11) is 0. The lowest BCUT2D eigenvalue weighted by Crippen LogP contribution is -2.14. The second-order valence-electron chi connectivity index (χ2n) is 7.46. The van der Waals surface area contributed by atoms with Crippen LogP contribution in [0.2, 0.25) is 0 Å². The maximum absolute atomic E-state index is 14.2. The summed E-state index contributed by atoms with van der Waals surface area (Å²) in [6.45, 7) is 8.17. The molecule has 0 spiro atoms. The lowest BCUT2D eigenvalue weighted by Gasteiger charge is -2.16. The maximum atomic E-state index is 14.2. The number of halogens is 2. The van der Waals surface area contributed by atoms with E-state index in [2.05, 4.69) is 30.7 Å². The molecule has 3 rings (SSSR count). The number of alkyl halides is 2. The number of nitrogens with one attached hydrogen (secondary N) is 2. The Morgan fingerprint density at radius 3 is 2.56 bits per heavy atom. The minimum Gasteiger partial charge on any atom is -0.490 e. The van der Waals surface area contributed by atoms with E-state index in [-0.39, 0.29) is 23.6 Å². The molecule has 11 heteroatoms. The molecule has 0 fully saturated rings. The number of ether oxygens (including phenoxy) is 1. The summed E-state index contributed by atoms with van der Waals surface area (Å²) in [5, 5.41) is 9.83. The number of carbonyl (C=O) groups is 1. The van der Waals surface area contributed by atoms with Crippen molar-refractivity contribution in [1.29, 1.82) is 0 Å². The second-order valence-corrected chi connectivity index (χ2v) is 7.46. The highest BCUT2D eigenvalue weighted by atomic mass is 19.3. The monoisotopic (exact) mass is 445 g/mol. The number of carbonyl (C=O) groups excluding carboxylic acids is 1. The molecule has 0 atom stereocenters. The Morgan fingerprint density at radius 1 is 1.22 bits per heavy atom. The van der Waals surface area contributed by atoms with Gasteiger partial charge in [0.15, 0.2) is 5.75 Å². The lowest BCUT2D eigenvalue weighted by atomic mass is 10.2. The zero-order chi connectivity index (χ0) is 23.5. The third-order valence-corrected chi connectivity index (χ3v) is 4.28. The zero-order valence-electron chi connectivity index (χ0n) is 18.5. The predicted octanol–water partition coefficient (Wildman–Crippen LogP) is 4.53. The van der Waals surface area contributed by atoms with Gasteiger partial charge in [0.1, 0.15) is 11.6 Å². The second kappa shape index (κ2) is 9.25. The van der Waals surface area contributed by atoms with E-state index in [1.54, 1.807) is 30.1 Å². The van der Waals surface area contributed by atoms with Gasteiger partial charge in [-0.1, -0.05) is 0 Å². The van der Waals surface area contributed by atoms with Crippen LogP contribution in [0.15, 0.2) is 30.7 Å². The SMILES string of the molecule is CCOc1cnc(NC(C)=O)cc1Nc1cc(-c2cnn(C(C)C)c2)nc(C(C)(F)F)n1. The van der Waals surface area contributed by atoms with Gasteiger partial charge >= 0.3 is 5.92 Å². The van der Waals surface area contributed by atoms with Gasteiger partial charge in [-0.05, 0) is 20.8 Å². The van der Waals surface area contributed by atoms with Gasteiger partial charge in [0, 0.05) is 43.8 Å². The van der Waals surface area contributed by atoms with Crippen LogP contribution >= 0.6 is 0 Å². The quantitative estimate of drug-likeness (QED) is 0.525. The van der Waals surface area contributed by atoms with Crippen LogP contribution in [0, 0.1) is 0 Å². The average molecular weight is 445 g/mol. The lowest BCUT2D eigenvalue weighted by molar-refractivity contribution is -0.114. The third kappa shape index (κ3) is 5.54. The van der Waals surface area contributed by atoms with E-state index in [4.69, 9.17) is 4.74 Å². The number of pyridine rings is 1. The number of amides is 1. The van der Waals surface area contributed by atoms with Gasteiger partial charge in [0.25, 0.3) is 0 Å². The van der Waals surface area contributed by atoms with Crippen LogP contribution in [-0.2, 0) is 10.7 Å². The molecule has 9 nitrogen and oxygen atoms in total. The summed E-state index contributed by atoms with van der Waals surface area (Å²) in [5.41, 5.74) is 1.27. The van der Waals surface area contributed by atoms with Crippen LogP contribution in [-0.4, -0.2) is 37.2 Å². The van der Waals surface area contributed by atoms with Crippen molar-refractivity contribution >= 4 is 23.2 Å². The summed E-state index contributed by atoms with van der Waals surface area (Å²) in [6, 6.07) is 3.19. The molecule has 0 aliphatic heterocycles. The Bertz CT molecular complexity index is 1110. The van der Waals surface area contributed by atoms with Gasteiger partial charge in [-0.25, -0.2) is 15.0 Å². The predicted molar refractivity (Wildman–Crippen MR) is 116 cm³/mol. The van der Waals surface area contributed by atoms with Gasteiger partial charge in [-0.3, -0.25) is 9.48 Å². The Balaban J connectivity index is 2.06. The van der Waals surface area contributed by atoms with Crippen molar-refractivity contribution in [3.05, 3.63) is 36.5 Å². The van der Waals surface area contributed by atoms with E-state index in [1.165, 1.54) is 19.2 Å². The van der Waals surface area contributed by atoms with Crippen molar-refractivity contribution in [3.63, 3.8) is 0 Å². The Kier molecular flexibility index (Phi) is 6.66. The average Bonchev–Trinajstić information content (AvgIpc) is 3.19. The fourth-order valence-electron chi connectivity index (χ4n) is 2.81. The highest BCUT2D eigenvalue weighted by molar-refractivity contribution is 5.88. The first kappa shape index (κ1) is 23.0. The highest BCUT2D eigenvalue weighted by Crippen LogP contribution is 2.32. The van der Waals surface area contributed by atoms with Crippen LogP contribution in [0.3, 0.4) is 0 Å². The summed E-state index contributed by atoms with van der Waals surface area (Å²) < 4.78 is 35.6. The van der Waals surface area contributed by atoms with Crippen molar-refractivity contribution in [2.45, 2.75) is 46.6 Å². The summed E-state index contributed by atoms with van der Waals surface area (Å²) in [5.74, 6) is -3.42. The molecule has 0 unspecified atom stereocenters.